The van der Waals surface area contributed by atoms with E-state index in [1.54, 1.807) is 24.3 Å². The highest BCUT2D eigenvalue weighted by atomic mass is 32.2. The zero-order valence-corrected chi connectivity index (χ0v) is 12.5. The Hall–Kier alpha value is -0.910. The number of benzene rings is 1. The van der Waals surface area contributed by atoms with Gasteiger partial charge in [0.25, 0.3) is 0 Å². The standard InChI is InChI=1S/C12H18N2O2S.C2H6/c15-17(16,12-4-2-1-3-5-12)14-10-11-6-8-13-9-7-11;1-2/h1-5,11,13-14H,6-10H2;1-2H3. The molecule has 1 aliphatic heterocycles. The van der Waals surface area contributed by atoms with Crippen LogP contribution in [0.5, 0.6) is 0 Å². The van der Waals surface area contributed by atoms with E-state index in [9.17, 15) is 8.42 Å². The number of sulfonamides is 1. The molecule has 0 radical (unpaired) electrons. The Balaban J connectivity index is 0.000000861. The molecule has 0 amide bonds. The molecule has 0 spiro atoms. The van der Waals surface area contributed by atoms with Gasteiger partial charge in [-0.2, -0.15) is 0 Å². The lowest BCUT2D eigenvalue weighted by molar-refractivity contribution is 0.372. The van der Waals surface area contributed by atoms with Crippen LogP contribution in [0.1, 0.15) is 26.7 Å². The Bertz CT molecular complexity index is 440. The van der Waals surface area contributed by atoms with E-state index in [-0.39, 0.29) is 0 Å². The largest absolute Gasteiger partial charge is 0.317 e. The molecule has 1 aromatic carbocycles. The summed E-state index contributed by atoms with van der Waals surface area (Å²) >= 11 is 0. The second-order valence-electron chi connectivity index (χ2n) is 4.36. The third-order valence-corrected chi connectivity index (χ3v) is 4.51. The van der Waals surface area contributed by atoms with Crippen molar-refractivity contribution in [1.29, 1.82) is 0 Å². The first-order valence-electron chi connectivity index (χ1n) is 6.94. The maximum absolute atomic E-state index is 11.9. The summed E-state index contributed by atoms with van der Waals surface area (Å²) in [6.45, 7) is 6.51. The van der Waals surface area contributed by atoms with Crippen LogP contribution in [0.4, 0.5) is 0 Å². The van der Waals surface area contributed by atoms with Gasteiger partial charge in [-0.05, 0) is 44.0 Å². The summed E-state index contributed by atoms with van der Waals surface area (Å²) in [4.78, 5) is 0.342. The number of hydrogen-bond donors (Lipinski definition) is 2. The minimum absolute atomic E-state index is 0.342. The lowest BCUT2D eigenvalue weighted by Gasteiger charge is -2.22. The molecule has 2 N–H and O–H groups in total. The summed E-state index contributed by atoms with van der Waals surface area (Å²) < 4.78 is 26.6. The molecule has 1 saturated heterocycles. The second-order valence-corrected chi connectivity index (χ2v) is 6.13. The number of piperidine rings is 1. The molecular weight excluding hydrogens is 260 g/mol. The van der Waals surface area contributed by atoms with E-state index in [0.29, 0.717) is 17.4 Å². The Morgan fingerprint density at radius 1 is 1.16 bits per heavy atom. The van der Waals surface area contributed by atoms with Crippen molar-refractivity contribution in [3.63, 3.8) is 0 Å². The smallest absolute Gasteiger partial charge is 0.240 e. The average Bonchev–Trinajstić information content (AvgIpc) is 2.49. The van der Waals surface area contributed by atoms with Gasteiger partial charge in [0.05, 0.1) is 4.90 Å². The van der Waals surface area contributed by atoms with Gasteiger partial charge in [0.2, 0.25) is 10.0 Å². The van der Waals surface area contributed by atoms with Crippen molar-refractivity contribution in [1.82, 2.24) is 10.0 Å². The Morgan fingerprint density at radius 2 is 1.74 bits per heavy atom. The summed E-state index contributed by atoms with van der Waals surface area (Å²) in [5.41, 5.74) is 0. The van der Waals surface area contributed by atoms with Crippen LogP contribution in [-0.2, 0) is 10.0 Å². The van der Waals surface area contributed by atoms with Gasteiger partial charge in [0, 0.05) is 6.54 Å². The topological polar surface area (TPSA) is 58.2 Å². The molecule has 1 fully saturated rings. The fraction of sp³-hybridized carbons (Fsp3) is 0.571. The van der Waals surface area contributed by atoms with Gasteiger partial charge in [0.15, 0.2) is 0 Å². The molecule has 0 atom stereocenters. The molecule has 1 heterocycles. The zero-order chi connectivity index (χ0) is 14.1. The van der Waals surface area contributed by atoms with E-state index in [0.717, 1.165) is 25.9 Å². The van der Waals surface area contributed by atoms with Crippen molar-refractivity contribution in [2.45, 2.75) is 31.6 Å². The van der Waals surface area contributed by atoms with Crippen LogP contribution in [0.25, 0.3) is 0 Å². The molecule has 5 heteroatoms. The first-order chi connectivity index (χ1) is 9.18. The van der Waals surface area contributed by atoms with Crippen molar-refractivity contribution >= 4 is 10.0 Å². The molecule has 2 rings (SSSR count). The first kappa shape index (κ1) is 16.1. The fourth-order valence-electron chi connectivity index (χ4n) is 2.00. The molecule has 0 bridgehead atoms. The first-order valence-corrected chi connectivity index (χ1v) is 8.42. The van der Waals surface area contributed by atoms with Crippen LogP contribution < -0.4 is 10.0 Å². The van der Waals surface area contributed by atoms with Crippen LogP contribution in [0.2, 0.25) is 0 Å². The van der Waals surface area contributed by atoms with Crippen LogP contribution in [0, 0.1) is 5.92 Å². The summed E-state index contributed by atoms with van der Waals surface area (Å²) in [5, 5.41) is 3.27. The van der Waals surface area contributed by atoms with Gasteiger partial charge in [-0.25, -0.2) is 13.1 Å². The Kier molecular flexibility index (Phi) is 7.05. The molecule has 0 aromatic heterocycles. The average molecular weight is 284 g/mol. The highest BCUT2D eigenvalue weighted by molar-refractivity contribution is 7.89. The van der Waals surface area contributed by atoms with Crippen molar-refractivity contribution < 1.29 is 8.42 Å². The van der Waals surface area contributed by atoms with Gasteiger partial charge >= 0.3 is 0 Å². The van der Waals surface area contributed by atoms with E-state index >= 15 is 0 Å². The van der Waals surface area contributed by atoms with Crippen LogP contribution in [0.15, 0.2) is 35.2 Å². The number of nitrogens with one attached hydrogen (secondary N) is 2. The van der Waals surface area contributed by atoms with Crippen LogP contribution in [0.3, 0.4) is 0 Å². The van der Waals surface area contributed by atoms with Crippen molar-refractivity contribution in [3.05, 3.63) is 30.3 Å². The van der Waals surface area contributed by atoms with E-state index in [1.165, 1.54) is 0 Å². The number of hydrogen-bond acceptors (Lipinski definition) is 3. The van der Waals surface area contributed by atoms with Gasteiger partial charge < -0.3 is 5.32 Å². The van der Waals surface area contributed by atoms with Crippen molar-refractivity contribution in [2.75, 3.05) is 19.6 Å². The minimum Gasteiger partial charge on any atom is -0.317 e. The Morgan fingerprint density at radius 3 is 2.32 bits per heavy atom. The lowest BCUT2D eigenvalue weighted by Crippen LogP contribution is -2.35. The molecular formula is C14H24N2O2S. The predicted molar refractivity (Wildman–Crippen MR) is 78.6 cm³/mol. The summed E-state index contributed by atoms with van der Waals surface area (Å²) in [5.74, 6) is 0.453. The van der Waals surface area contributed by atoms with Crippen LogP contribution >= 0.6 is 0 Å². The quantitative estimate of drug-likeness (QED) is 0.889. The van der Waals surface area contributed by atoms with E-state index in [1.807, 2.05) is 19.9 Å². The van der Waals surface area contributed by atoms with Crippen LogP contribution in [-0.4, -0.2) is 28.1 Å². The van der Waals surface area contributed by atoms with Gasteiger partial charge in [-0.3, -0.25) is 0 Å². The van der Waals surface area contributed by atoms with Gasteiger partial charge in [-0.1, -0.05) is 32.0 Å². The molecule has 108 valence electrons. The molecule has 4 nitrogen and oxygen atoms in total. The van der Waals surface area contributed by atoms with Gasteiger partial charge in [0.1, 0.15) is 0 Å². The minimum atomic E-state index is -3.33. The monoisotopic (exact) mass is 284 g/mol. The van der Waals surface area contributed by atoms with E-state index in [4.69, 9.17) is 0 Å². The fourth-order valence-corrected chi connectivity index (χ4v) is 3.13. The number of rotatable bonds is 4. The van der Waals surface area contributed by atoms with Crippen molar-refractivity contribution in [2.24, 2.45) is 5.92 Å². The third kappa shape index (κ3) is 5.30. The summed E-state index contributed by atoms with van der Waals surface area (Å²) in [6.07, 6.45) is 2.08. The van der Waals surface area contributed by atoms with Crippen molar-refractivity contribution in [3.8, 4) is 0 Å². The summed E-state index contributed by atoms with van der Waals surface area (Å²) in [6, 6.07) is 8.51. The molecule has 0 saturated carbocycles. The molecule has 1 aromatic rings. The maximum atomic E-state index is 11.9. The van der Waals surface area contributed by atoms with Gasteiger partial charge in [-0.15, -0.1) is 0 Å². The Labute approximate surface area is 116 Å². The predicted octanol–water partition coefficient (Wildman–Crippen LogP) is 1.99. The zero-order valence-electron chi connectivity index (χ0n) is 11.7. The molecule has 0 aliphatic carbocycles. The molecule has 1 aliphatic rings. The third-order valence-electron chi connectivity index (χ3n) is 3.07. The lowest BCUT2D eigenvalue weighted by atomic mass is 9.99. The highest BCUT2D eigenvalue weighted by Gasteiger charge is 2.18. The second kappa shape index (κ2) is 8.30. The molecule has 0 unspecified atom stereocenters. The summed E-state index contributed by atoms with van der Waals surface area (Å²) in [7, 11) is -3.33. The SMILES string of the molecule is CC.O=S(=O)(NCC1CCNCC1)c1ccccc1. The van der Waals surface area contributed by atoms with E-state index < -0.39 is 10.0 Å². The normalized spacial score (nSPS) is 16.5. The highest BCUT2D eigenvalue weighted by Crippen LogP contribution is 2.12. The molecule has 19 heavy (non-hydrogen) atoms. The maximum Gasteiger partial charge on any atom is 0.240 e. The van der Waals surface area contributed by atoms with E-state index in [2.05, 4.69) is 10.0 Å².